The number of ether oxygens (including phenoxy) is 1. The number of hydrogen-bond donors (Lipinski definition) is 3. The van der Waals surface area contributed by atoms with Gasteiger partial charge in [0.15, 0.2) is 5.13 Å². The molecule has 0 bridgehead atoms. The zero-order valence-electron chi connectivity index (χ0n) is 18.2. The van der Waals surface area contributed by atoms with Crippen molar-refractivity contribution in [2.24, 2.45) is 11.8 Å². The van der Waals surface area contributed by atoms with Crippen molar-refractivity contribution in [2.45, 2.75) is 26.2 Å². The molecule has 3 atom stereocenters. The zero-order chi connectivity index (χ0) is 24.0. The van der Waals surface area contributed by atoms with Crippen LogP contribution < -0.4 is 10.2 Å². The summed E-state index contributed by atoms with van der Waals surface area (Å²) >= 11 is 13.4. The summed E-state index contributed by atoms with van der Waals surface area (Å²) in [5, 5.41) is 13.9. The van der Waals surface area contributed by atoms with Gasteiger partial charge in [-0.3, -0.25) is 4.79 Å². The number of carboxylic acid groups (broad SMARTS) is 1. The molecule has 0 unspecified atom stereocenters. The van der Waals surface area contributed by atoms with Crippen molar-refractivity contribution in [1.29, 1.82) is 0 Å². The van der Waals surface area contributed by atoms with Gasteiger partial charge in [0.05, 0.1) is 29.0 Å². The first kappa shape index (κ1) is 23.2. The molecule has 1 saturated carbocycles. The molecule has 0 radical (unpaired) electrons. The lowest BCUT2D eigenvalue weighted by molar-refractivity contribution is 0.0688. The lowest BCUT2D eigenvalue weighted by Gasteiger charge is -2.19. The van der Waals surface area contributed by atoms with Crippen molar-refractivity contribution >= 4 is 51.5 Å². The van der Waals surface area contributed by atoms with Crippen LogP contribution >= 0.6 is 34.5 Å². The number of carbonyl (C=O) groups excluding carboxylic acids is 1. The van der Waals surface area contributed by atoms with Gasteiger partial charge in [-0.25, -0.2) is 9.78 Å². The topological polar surface area (TPSA) is 108 Å². The summed E-state index contributed by atoms with van der Waals surface area (Å²) in [5.74, 6) is -0.715. The summed E-state index contributed by atoms with van der Waals surface area (Å²) in [6, 6.07) is 9.75. The van der Waals surface area contributed by atoms with Gasteiger partial charge in [-0.1, -0.05) is 64.9 Å². The van der Waals surface area contributed by atoms with E-state index in [1.807, 2.05) is 30.3 Å². The van der Waals surface area contributed by atoms with Crippen LogP contribution in [0.2, 0.25) is 10.0 Å². The van der Waals surface area contributed by atoms with Crippen molar-refractivity contribution in [3.05, 3.63) is 67.9 Å². The van der Waals surface area contributed by atoms with Crippen LogP contribution in [-0.4, -0.2) is 46.1 Å². The predicted octanol–water partition coefficient (Wildman–Crippen LogP) is 4.37. The molecule has 3 N–H and O–H groups in total. The first-order valence-corrected chi connectivity index (χ1v) is 12.3. The number of thiazole rings is 1. The van der Waals surface area contributed by atoms with Gasteiger partial charge in [-0.05, 0) is 12.5 Å². The van der Waals surface area contributed by atoms with Crippen LogP contribution in [-0.2, 0) is 18.0 Å². The second-order valence-electron chi connectivity index (χ2n) is 8.54. The van der Waals surface area contributed by atoms with E-state index in [1.165, 1.54) is 0 Å². The molecule has 2 aliphatic rings. The summed E-state index contributed by atoms with van der Waals surface area (Å²) in [7, 11) is 0. The Hall–Kier alpha value is -2.59. The minimum absolute atomic E-state index is 0.0507. The first-order valence-electron chi connectivity index (χ1n) is 10.8. The fourth-order valence-corrected chi connectivity index (χ4v) is 5.77. The van der Waals surface area contributed by atoms with E-state index in [4.69, 9.17) is 27.9 Å². The third kappa shape index (κ3) is 4.40. The summed E-state index contributed by atoms with van der Waals surface area (Å²) < 4.78 is 5.72. The van der Waals surface area contributed by atoms with E-state index in [1.54, 1.807) is 6.92 Å². The molecule has 3 heterocycles. The highest BCUT2D eigenvalue weighted by Crippen LogP contribution is 2.48. The molecule has 1 amide bonds. The van der Waals surface area contributed by atoms with Crippen LogP contribution in [0, 0.1) is 18.8 Å². The fourth-order valence-electron chi connectivity index (χ4n) is 4.43. The largest absolute Gasteiger partial charge is 0.477 e. The van der Waals surface area contributed by atoms with Crippen molar-refractivity contribution in [3.63, 3.8) is 0 Å². The molecule has 11 heteroatoms. The summed E-state index contributed by atoms with van der Waals surface area (Å²) in [6.45, 7) is 3.67. The molecule has 178 valence electrons. The van der Waals surface area contributed by atoms with E-state index in [9.17, 15) is 14.7 Å². The van der Waals surface area contributed by atoms with Gasteiger partial charge in [0, 0.05) is 36.7 Å². The van der Waals surface area contributed by atoms with Crippen LogP contribution in [0.4, 0.5) is 5.13 Å². The lowest BCUT2D eigenvalue weighted by Crippen LogP contribution is -2.34. The van der Waals surface area contributed by atoms with Gasteiger partial charge >= 0.3 is 5.97 Å². The maximum atomic E-state index is 12.6. The van der Waals surface area contributed by atoms with Crippen molar-refractivity contribution in [2.75, 3.05) is 18.0 Å². The summed E-state index contributed by atoms with van der Waals surface area (Å²) in [4.78, 5) is 34.1. The molecule has 1 aliphatic heterocycles. The monoisotopic (exact) mass is 520 g/mol. The first-order chi connectivity index (χ1) is 16.3. The minimum Gasteiger partial charge on any atom is -0.477 e. The SMILES string of the molecule is Cc1[nH]c(C(=O)N[C@@H]2[C@@H]3CN(c4nc(COCc5ccccc5)c(C(=O)O)s4)C[C@@H]32)c(Cl)c1Cl. The quantitative estimate of drug-likeness (QED) is 0.407. The molecule has 1 saturated heterocycles. The van der Waals surface area contributed by atoms with Gasteiger partial charge in [0.25, 0.3) is 5.91 Å². The number of piperidine rings is 1. The highest BCUT2D eigenvalue weighted by Gasteiger charge is 2.57. The standard InChI is InChI=1S/C23H22Cl2N4O4S/c1-11-16(24)17(25)19(26-11)21(30)28-18-13-7-29(8-14(13)18)23-27-15(20(34-23)22(31)32)10-33-9-12-5-3-2-4-6-12/h2-6,13-14,18,26H,7-10H2,1H3,(H,28,30)(H,31,32)/t13-,14+,18-. The number of aromatic carboxylic acids is 1. The van der Waals surface area contributed by atoms with Crippen LogP contribution in [0.3, 0.4) is 0 Å². The number of aromatic amines is 1. The number of nitrogens with zero attached hydrogens (tertiary/aromatic N) is 2. The molecule has 34 heavy (non-hydrogen) atoms. The number of anilines is 1. The highest BCUT2D eigenvalue weighted by molar-refractivity contribution is 7.17. The van der Waals surface area contributed by atoms with Gasteiger partial charge in [0.2, 0.25) is 0 Å². The number of H-pyrrole nitrogens is 1. The molecule has 5 rings (SSSR count). The average Bonchev–Trinajstić information content (AvgIpc) is 3.19. The third-order valence-corrected chi connectivity index (χ3v) is 8.37. The Labute approximate surface area is 209 Å². The van der Waals surface area contributed by atoms with Crippen molar-refractivity contribution < 1.29 is 19.4 Å². The van der Waals surface area contributed by atoms with Crippen LogP contribution in [0.1, 0.15) is 37.1 Å². The maximum Gasteiger partial charge on any atom is 0.347 e. The summed E-state index contributed by atoms with van der Waals surface area (Å²) in [6.07, 6.45) is 0. The average molecular weight is 521 g/mol. The minimum atomic E-state index is -1.01. The lowest BCUT2D eigenvalue weighted by atomic mass is 10.2. The second-order valence-corrected chi connectivity index (χ2v) is 10.3. The van der Waals surface area contributed by atoms with Gasteiger partial charge in [-0.15, -0.1) is 0 Å². The molecule has 1 aromatic carbocycles. The number of benzene rings is 1. The Bertz CT molecular complexity index is 1230. The molecule has 2 fully saturated rings. The van der Waals surface area contributed by atoms with Gasteiger partial charge in [0.1, 0.15) is 10.6 Å². The van der Waals surface area contributed by atoms with Crippen molar-refractivity contribution in [1.82, 2.24) is 15.3 Å². The second kappa shape index (κ2) is 9.22. The number of fused-ring (bicyclic) bond motifs is 1. The van der Waals surface area contributed by atoms with E-state index >= 15 is 0 Å². The highest BCUT2D eigenvalue weighted by atomic mass is 35.5. The molecule has 3 aromatic rings. The normalized spacial score (nSPS) is 20.9. The van der Waals surface area contributed by atoms with Crippen LogP contribution in [0.5, 0.6) is 0 Å². The molecule has 2 aromatic heterocycles. The van der Waals surface area contributed by atoms with E-state index in [0.717, 1.165) is 16.9 Å². The Morgan fingerprint density at radius 2 is 1.91 bits per heavy atom. The Morgan fingerprint density at radius 3 is 2.53 bits per heavy atom. The fraction of sp³-hybridized carbons (Fsp3) is 0.348. The van der Waals surface area contributed by atoms with E-state index in [-0.39, 0.29) is 46.0 Å². The Morgan fingerprint density at radius 1 is 1.21 bits per heavy atom. The molecule has 0 spiro atoms. The zero-order valence-corrected chi connectivity index (χ0v) is 20.5. The Kier molecular flexibility index (Phi) is 6.28. The maximum absolute atomic E-state index is 12.6. The number of halogens is 2. The number of carboxylic acids is 1. The van der Waals surface area contributed by atoms with E-state index in [2.05, 4.69) is 20.2 Å². The number of hydrogen-bond acceptors (Lipinski definition) is 6. The van der Waals surface area contributed by atoms with Crippen LogP contribution in [0.15, 0.2) is 30.3 Å². The van der Waals surface area contributed by atoms with Crippen molar-refractivity contribution in [3.8, 4) is 0 Å². The number of carbonyl (C=O) groups is 2. The smallest absolute Gasteiger partial charge is 0.347 e. The molecule has 1 aliphatic carbocycles. The number of aryl methyl sites for hydroxylation is 1. The van der Waals surface area contributed by atoms with Gasteiger partial charge < -0.3 is 25.0 Å². The molecular formula is C23H22Cl2N4O4S. The predicted molar refractivity (Wildman–Crippen MR) is 130 cm³/mol. The molecular weight excluding hydrogens is 499 g/mol. The number of nitrogens with one attached hydrogen (secondary N) is 2. The third-order valence-electron chi connectivity index (χ3n) is 6.27. The number of amides is 1. The number of rotatable bonds is 8. The Balaban J connectivity index is 1.19. The van der Waals surface area contributed by atoms with Crippen LogP contribution in [0.25, 0.3) is 0 Å². The van der Waals surface area contributed by atoms with E-state index < -0.39 is 5.97 Å². The molecule has 8 nitrogen and oxygen atoms in total. The number of aromatic nitrogens is 2. The summed E-state index contributed by atoms with van der Waals surface area (Å²) in [5.41, 5.74) is 2.38. The van der Waals surface area contributed by atoms with Gasteiger partial charge in [-0.2, -0.15) is 0 Å². The van der Waals surface area contributed by atoms with E-state index in [0.29, 0.717) is 41.2 Å².